The standard InChI is InChI=1S/C13H16N4O4/c18-12(19)11-4-3-10(21-11)9-15-13(20)14-5-1-7-17-8-2-6-16-17/h2-4,6,8H,1,5,7,9H2,(H,18,19)(H2,14,15,20). The van der Waals surface area contributed by atoms with Crippen molar-refractivity contribution in [3.05, 3.63) is 42.1 Å². The van der Waals surface area contributed by atoms with Gasteiger partial charge in [0.15, 0.2) is 0 Å². The number of furan rings is 1. The van der Waals surface area contributed by atoms with Gasteiger partial charge in [-0.3, -0.25) is 4.68 Å². The van der Waals surface area contributed by atoms with Gasteiger partial charge < -0.3 is 20.2 Å². The third kappa shape index (κ3) is 4.68. The second kappa shape index (κ2) is 7.13. The fraction of sp³-hybridized carbons (Fsp3) is 0.308. The second-order valence-electron chi connectivity index (χ2n) is 4.30. The summed E-state index contributed by atoms with van der Waals surface area (Å²) in [5.74, 6) is -0.894. The molecule has 0 spiro atoms. The van der Waals surface area contributed by atoms with Crippen molar-refractivity contribution in [1.29, 1.82) is 0 Å². The maximum atomic E-state index is 11.5. The van der Waals surface area contributed by atoms with E-state index in [2.05, 4.69) is 15.7 Å². The predicted octanol–water partition coefficient (Wildman–Crippen LogP) is 1.06. The molecule has 8 nitrogen and oxygen atoms in total. The Kier molecular flexibility index (Phi) is 4.97. The summed E-state index contributed by atoms with van der Waals surface area (Å²) in [5.41, 5.74) is 0. The first kappa shape index (κ1) is 14.6. The summed E-state index contributed by atoms with van der Waals surface area (Å²) in [6.07, 6.45) is 4.32. The van der Waals surface area contributed by atoms with Gasteiger partial charge in [0.1, 0.15) is 5.76 Å². The van der Waals surface area contributed by atoms with E-state index in [1.165, 1.54) is 12.1 Å². The molecule has 2 amide bonds. The molecule has 0 saturated carbocycles. The van der Waals surface area contributed by atoms with E-state index in [1.54, 1.807) is 10.9 Å². The van der Waals surface area contributed by atoms with Gasteiger partial charge in [0.25, 0.3) is 0 Å². The van der Waals surface area contributed by atoms with Crippen LogP contribution >= 0.6 is 0 Å². The molecule has 2 heterocycles. The van der Waals surface area contributed by atoms with Crippen LogP contribution in [-0.4, -0.2) is 33.4 Å². The maximum absolute atomic E-state index is 11.5. The van der Waals surface area contributed by atoms with Gasteiger partial charge in [-0.1, -0.05) is 0 Å². The monoisotopic (exact) mass is 292 g/mol. The van der Waals surface area contributed by atoms with E-state index in [-0.39, 0.29) is 18.3 Å². The van der Waals surface area contributed by atoms with Crippen LogP contribution in [-0.2, 0) is 13.1 Å². The SMILES string of the molecule is O=C(NCCCn1cccn1)NCc1ccc(C(=O)O)o1. The van der Waals surface area contributed by atoms with E-state index < -0.39 is 5.97 Å². The highest BCUT2D eigenvalue weighted by Crippen LogP contribution is 2.07. The summed E-state index contributed by atoms with van der Waals surface area (Å²) >= 11 is 0. The number of hydrogen-bond donors (Lipinski definition) is 3. The van der Waals surface area contributed by atoms with Gasteiger partial charge in [0.2, 0.25) is 5.76 Å². The van der Waals surface area contributed by atoms with Crippen LogP contribution < -0.4 is 10.6 Å². The zero-order valence-corrected chi connectivity index (χ0v) is 11.3. The van der Waals surface area contributed by atoms with Crippen molar-refractivity contribution in [1.82, 2.24) is 20.4 Å². The van der Waals surface area contributed by atoms with E-state index in [9.17, 15) is 9.59 Å². The van der Waals surface area contributed by atoms with E-state index in [0.717, 1.165) is 13.0 Å². The lowest BCUT2D eigenvalue weighted by Gasteiger charge is -2.06. The van der Waals surface area contributed by atoms with Crippen LogP contribution in [0.4, 0.5) is 4.79 Å². The van der Waals surface area contributed by atoms with E-state index >= 15 is 0 Å². The lowest BCUT2D eigenvalue weighted by atomic mass is 10.4. The summed E-state index contributed by atoms with van der Waals surface area (Å²) in [6.45, 7) is 1.38. The van der Waals surface area contributed by atoms with Crippen molar-refractivity contribution in [2.24, 2.45) is 0 Å². The first-order valence-corrected chi connectivity index (χ1v) is 6.46. The number of aromatic carboxylic acids is 1. The molecule has 0 radical (unpaired) electrons. The number of rotatable bonds is 7. The van der Waals surface area contributed by atoms with Crippen molar-refractivity contribution < 1.29 is 19.1 Å². The molecule has 0 aliphatic carbocycles. The molecule has 2 rings (SSSR count). The molecule has 0 unspecified atom stereocenters. The minimum atomic E-state index is -1.13. The summed E-state index contributed by atoms with van der Waals surface area (Å²) in [7, 11) is 0. The van der Waals surface area contributed by atoms with Gasteiger partial charge in [-0.05, 0) is 24.6 Å². The molecule has 0 bridgehead atoms. The second-order valence-corrected chi connectivity index (χ2v) is 4.30. The van der Waals surface area contributed by atoms with E-state index in [1.807, 2.05) is 12.3 Å². The van der Waals surface area contributed by atoms with Crippen molar-refractivity contribution >= 4 is 12.0 Å². The van der Waals surface area contributed by atoms with Crippen LogP contribution in [0.25, 0.3) is 0 Å². The van der Waals surface area contributed by atoms with Crippen LogP contribution in [0.3, 0.4) is 0 Å². The van der Waals surface area contributed by atoms with Gasteiger partial charge >= 0.3 is 12.0 Å². The Hall–Kier alpha value is -2.77. The molecule has 0 fully saturated rings. The van der Waals surface area contributed by atoms with Crippen molar-refractivity contribution in [2.45, 2.75) is 19.5 Å². The van der Waals surface area contributed by atoms with Crippen LogP contribution in [0.2, 0.25) is 0 Å². The van der Waals surface area contributed by atoms with Crippen molar-refractivity contribution in [2.75, 3.05) is 6.54 Å². The predicted molar refractivity (Wildman–Crippen MR) is 72.7 cm³/mol. The number of nitrogens with zero attached hydrogens (tertiary/aromatic N) is 2. The van der Waals surface area contributed by atoms with Gasteiger partial charge in [-0.25, -0.2) is 9.59 Å². The molecule has 2 aromatic rings. The summed E-state index contributed by atoms with van der Waals surface area (Å²) < 4.78 is 6.80. The molecule has 0 aromatic carbocycles. The molecule has 0 aliphatic rings. The number of carboxylic acids is 1. The number of carbonyl (C=O) groups excluding carboxylic acids is 1. The number of nitrogens with one attached hydrogen (secondary N) is 2. The normalized spacial score (nSPS) is 10.3. The Morgan fingerprint density at radius 3 is 2.86 bits per heavy atom. The highest BCUT2D eigenvalue weighted by atomic mass is 16.4. The van der Waals surface area contributed by atoms with E-state index in [4.69, 9.17) is 9.52 Å². The van der Waals surface area contributed by atoms with Crippen LogP contribution in [0.5, 0.6) is 0 Å². The number of carboxylic acid groups (broad SMARTS) is 1. The fourth-order valence-corrected chi connectivity index (χ4v) is 1.69. The maximum Gasteiger partial charge on any atom is 0.371 e. The Morgan fingerprint density at radius 1 is 1.33 bits per heavy atom. The Bertz CT molecular complexity index is 591. The number of carbonyl (C=O) groups is 2. The number of hydrogen-bond acceptors (Lipinski definition) is 4. The van der Waals surface area contributed by atoms with Crippen LogP contribution in [0.1, 0.15) is 22.7 Å². The lowest BCUT2D eigenvalue weighted by Crippen LogP contribution is -2.35. The molecular weight excluding hydrogens is 276 g/mol. The molecule has 0 atom stereocenters. The molecular formula is C13H16N4O4. The van der Waals surface area contributed by atoms with Crippen LogP contribution in [0, 0.1) is 0 Å². The number of aryl methyl sites for hydroxylation is 1. The smallest absolute Gasteiger partial charge is 0.371 e. The summed E-state index contributed by atoms with van der Waals surface area (Å²) in [5, 5.41) is 18.0. The average molecular weight is 292 g/mol. The van der Waals surface area contributed by atoms with Gasteiger partial charge in [0, 0.05) is 25.5 Å². The largest absolute Gasteiger partial charge is 0.475 e. The third-order valence-electron chi connectivity index (χ3n) is 2.70. The average Bonchev–Trinajstić information content (AvgIpc) is 3.12. The van der Waals surface area contributed by atoms with Crippen molar-refractivity contribution in [3.8, 4) is 0 Å². The summed E-state index contributed by atoms with van der Waals surface area (Å²) in [6, 6.07) is 4.38. The molecule has 0 aliphatic heterocycles. The quantitative estimate of drug-likeness (QED) is 0.661. The number of aromatic nitrogens is 2. The Balaban J connectivity index is 1.61. The topological polar surface area (TPSA) is 109 Å². The number of amides is 2. The minimum Gasteiger partial charge on any atom is -0.475 e. The highest BCUT2D eigenvalue weighted by Gasteiger charge is 2.09. The minimum absolute atomic E-state index is 0.137. The molecule has 8 heteroatoms. The summed E-state index contributed by atoms with van der Waals surface area (Å²) in [4.78, 5) is 22.1. The van der Waals surface area contributed by atoms with E-state index in [0.29, 0.717) is 12.3 Å². The van der Waals surface area contributed by atoms with Gasteiger partial charge in [-0.15, -0.1) is 0 Å². The third-order valence-corrected chi connectivity index (χ3v) is 2.70. The van der Waals surface area contributed by atoms with Crippen LogP contribution in [0.15, 0.2) is 35.0 Å². The zero-order chi connectivity index (χ0) is 15.1. The lowest BCUT2D eigenvalue weighted by molar-refractivity contribution is 0.0660. The molecule has 21 heavy (non-hydrogen) atoms. The zero-order valence-electron chi connectivity index (χ0n) is 11.3. The molecule has 2 aromatic heterocycles. The fourth-order valence-electron chi connectivity index (χ4n) is 1.69. The van der Waals surface area contributed by atoms with Crippen molar-refractivity contribution in [3.63, 3.8) is 0 Å². The first-order chi connectivity index (χ1) is 10.1. The van der Waals surface area contributed by atoms with Gasteiger partial charge in [-0.2, -0.15) is 5.10 Å². The molecule has 3 N–H and O–H groups in total. The first-order valence-electron chi connectivity index (χ1n) is 6.46. The molecule has 112 valence electrons. The Morgan fingerprint density at radius 2 is 2.19 bits per heavy atom. The Labute approximate surface area is 120 Å². The number of urea groups is 1. The molecule has 0 saturated heterocycles. The van der Waals surface area contributed by atoms with Gasteiger partial charge in [0.05, 0.1) is 6.54 Å². The highest BCUT2D eigenvalue weighted by molar-refractivity contribution is 5.84.